The van der Waals surface area contributed by atoms with Gasteiger partial charge in [0.25, 0.3) is 0 Å². The molecule has 6 nitrogen and oxygen atoms in total. The van der Waals surface area contributed by atoms with E-state index >= 15 is 0 Å². The van der Waals surface area contributed by atoms with Gasteiger partial charge in [-0.05, 0) is 41.8 Å². The molecule has 27 heavy (non-hydrogen) atoms. The van der Waals surface area contributed by atoms with E-state index in [4.69, 9.17) is 5.73 Å². The Morgan fingerprint density at radius 1 is 1.04 bits per heavy atom. The molecule has 2 heterocycles. The number of aromatic hydroxyl groups is 1. The second kappa shape index (κ2) is 7.17. The normalized spacial score (nSPS) is 11.3. The highest BCUT2D eigenvalue weighted by Gasteiger charge is 2.12. The summed E-state index contributed by atoms with van der Waals surface area (Å²) >= 11 is 0. The maximum atomic E-state index is 12.7. The molecular weight excluding hydrogens is 340 g/mol. The standard InChI is InChI=1S/C21H22N4O2/c22-9-8-17-11-23-19-7-6-16(10-18(17)19)12-24-14-20(26)25(21(24)27)13-15-4-2-1-3-5-15/h1-7,10-11,14,23,26H,8-9,12-13,22H2. The van der Waals surface area contributed by atoms with Crippen molar-refractivity contribution in [1.29, 1.82) is 0 Å². The number of hydrogen-bond acceptors (Lipinski definition) is 3. The minimum Gasteiger partial charge on any atom is -0.493 e. The number of nitrogens with zero attached hydrogens (tertiary/aromatic N) is 2. The van der Waals surface area contributed by atoms with Crippen LogP contribution in [0, 0.1) is 0 Å². The summed E-state index contributed by atoms with van der Waals surface area (Å²) in [6, 6.07) is 15.7. The summed E-state index contributed by atoms with van der Waals surface area (Å²) in [7, 11) is 0. The number of fused-ring (bicyclic) bond motifs is 1. The lowest BCUT2D eigenvalue weighted by molar-refractivity contribution is 0.421. The van der Waals surface area contributed by atoms with Gasteiger partial charge >= 0.3 is 5.69 Å². The minimum absolute atomic E-state index is 0.0320. The van der Waals surface area contributed by atoms with Gasteiger partial charge in [-0.2, -0.15) is 0 Å². The van der Waals surface area contributed by atoms with Crippen LogP contribution in [0.4, 0.5) is 0 Å². The Labute approximate surface area is 156 Å². The maximum absolute atomic E-state index is 12.7. The molecule has 0 atom stereocenters. The van der Waals surface area contributed by atoms with Gasteiger partial charge in [0, 0.05) is 17.1 Å². The molecule has 4 rings (SSSR count). The Hall–Kier alpha value is -3.25. The van der Waals surface area contributed by atoms with Crippen molar-refractivity contribution in [3.05, 3.63) is 88.1 Å². The fourth-order valence-electron chi connectivity index (χ4n) is 3.43. The SMILES string of the molecule is NCCc1c[nH]c2ccc(Cn3cc(O)n(Cc4ccccc4)c3=O)cc12. The first-order valence-electron chi connectivity index (χ1n) is 8.97. The van der Waals surface area contributed by atoms with Crippen LogP contribution in [0.1, 0.15) is 16.7 Å². The zero-order valence-electron chi connectivity index (χ0n) is 14.9. The summed E-state index contributed by atoms with van der Waals surface area (Å²) in [4.78, 5) is 16.0. The third kappa shape index (κ3) is 3.39. The number of hydrogen-bond donors (Lipinski definition) is 3. The van der Waals surface area contributed by atoms with E-state index in [9.17, 15) is 9.90 Å². The first-order chi connectivity index (χ1) is 13.2. The van der Waals surface area contributed by atoms with Crippen molar-refractivity contribution >= 4 is 10.9 Å². The molecule has 0 fully saturated rings. The van der Waals surface area contributed by atoms with Gasteiger partial charge in [-0.25, -0.2) is 4.79 Å². The molecule has 0 radical (unpaired) electrons. The Balaban J connectivity index is 1.63. The van der Waals surface area contributed by atoms with E-state index in [1.54, 1.807) is 0 Å². The zero-order valence-corrected chi connectivity index (χ0v) is 14.9. The molecule has 0 aliphatic rings. The fraction of sp³-hybridized carbons (Fsp3) is 0.190. The van der Waals surface area contributed by atoms with Crippen molar-refractivity contribution in [1.82, 2.24) is 14.1 Å². The number of imidazole rings is 1. The van der Waals surface area contributed by atoms with Gasteiger partial charge in [-0.15, -0.1) is 0 Å². The summed E-state index contributed by atoms with van der Waals surface area (Å²) in [5.41, 5.74) is 9.65. The van der Waals surface area contributed by atoms with Crippen molar-refractivity contribution < 1.29 is 5.11 Å². The number of aromatic nitrogens is 3. The van der Waals surface area contributed by atoms with Crippen LogP contribution >= 0.6 is 0 Å². The molecule has 0 aliphatic heterocycles. The van der Waals surface area contributed by atoms with Gasteiger partial charge in [-0.3, -0.25) is 9.13 Å². The molecule has 0 saturated carbocycles. The summed E-state index contributed by atoms with van der Waals surface area (Å²) < 4.78 is 2.92. The van der Waals surface area contributed by atoms with Crippen LogP contribution in [0.3, 0.4) is 0 Å². The molecule has 0 unspecified atom stereocenters. The Morgan fingerprint density at radius 2 is 1.85 bits per heavy atom. The quantitative estimate of drug-likeness (QED) is 0.492. The number of aromatic amines is 1. The van der Waals surface area contributed by atoms with Crippen LogP contribution in [0.15, 0.2) is 65.7 Å². The highest BCUT2D eigenvalue weighted by Crippen LogP contribution is 2.21. The third-order valence-corrected chi connectivity index (χ3v) is 4.81. The average molecular weight is 362 g/mol. The highest BCUT2D eigenvalue weighted by atomic mass is 16.3. The molecule has 0 bridgehead atoms. The van der Waals surface area contributed by atoms with Gasteiger partial charge in [0.2, 0.25) is 5.88 Å². The summed E-state index contributed by atoms with van der Waals surface area (Å²) in [6.07, 6.45) is 4.28. The molecule has 4 N–H and O–H groups in total. The number of nitrogens with two attached hydrogens (primary N) is 1. The van der Waals surface area contributed by atoms with Crippen LogP contribution in [0.25, 0.3) is 10.9 Å². The van der Waals surface area contributed by atoms with Crippen LogP contribution in [0.2, 0.25) is 0 Å². The largest absolute Gasteiger partial charge is 0.493 e. The van der Waals surface area contributed by atoms with E-state index in [0.29, 0.717) is 19.6 Å². The predicted octanol–water partition coefficient (Wildman–Crippen LogP) is 2.43. The minimum atomic E-state index is -0.229. The van der Waals surface area contributed by atoms with Gasteiger partial charge in [0.1, 0.15) is 0 Å². The van der Waals surface area contributed by atoms with Crippen molar-refractivity contribution in [2.75, 3.05) is 6.54 Å². The third-order valence-electron chi connectivity index (χ3n) is 4.81. The van der Waals surface area contributed by atoms with E-state index in [1.807, 2.05) is 48.7 Å². The first kappa shape index (κ1) is 17.2. The predicted molar refractivity (Wildman–Crippen MR) is 106 cm³/mol. The molecule has 0 aliphatic carbocycles. The topological polar surface area (TPSA) is 89.0 Å². The lowest BCUT2D eigenvalue weighted by Gasteiger charge is -2.05. The van der Waals surface area contributed by atoms with E-state index in [-0.39, 0.29) is 11.6 Å². The molecule has 138 valence electrons. The molecule has 0 saturated heterocycles. The number of benzene rings is 2. The Morgan fingerprint density at radius 3 is 2.63 bits per heavy atom. The van der Waals surface area contributed by atoms with Crippen LogP contribution in [0.5, 0.6) is 5.88 Å². The lowest BCUT2D eigenvalue weighted by Crippen LogP contribution is -2.25. The fourth-order valence-corrected chi connectivity index (χ4v) is 3.43. The van der Waals surface area contributed by atoms with Gasteiger partial charge < -0.3 is 15.8 Å². The van der Waals surface area contributed by atoms with Gasteiger partial charge in [0.15, 0.2) is 0 Å². The van der Waals surface area contributed by atoms with E-state index in [2.05, 4.69) is 11.1 Å². The molecule has 4 aromatic rings. The van der Waals surface area contributed by atoms with Gasteiger partial charge in [-0.1, -0.05) is 36.4 Å². The van der Waals surface area contributed by atoms with Crippen LogP contribution in [-0.2, 0) is 19.5 Å². The van der Waals surface area contributed by atoms with E-state index in [1.165, 1.54) is 20.9 Å². The van der Waals surface area contributed by atoms with Crippen molar-refractivity contribution in [2.24, 2.45) is 5.73 Å². The summed E-state index contributed by atoms with van der Waals surface area (Å²) in [5.74, 6) is -0.0320. The Bertz CT molecular complexity index is 1120. The second-order valence-corrected chi connectivity index (χ2v) is 6.70. The summed E-state index contributed by atoms with van der Waals surface area (Å²) in [6.45, 7) is 1.33. The molecule has 6 heteroatoms. The molecule has 0 spiro atoms. The highest BCUT2D eigenvalue weighted by molar-refractivity contribution is 5.83. The molecule has 2 aromatic carbocycles. The lowest BCUT2D eigenvalue weighted by atomic mass is 10.1. The van der Waals surface area contributed by atoms with Crippen molar-refractivity contribution in [3.63, 3.8) is 0 Å². The van der Waals surface area contributed by atoms with Crippen molar-refractivity contribution in [2.45, 2.75) is 19.5 Å². The first-order valence-corrected chi connectivity index (χ1v) is 8.97. The monoisotopic (exact) mass is 362 g/mol. The maximum Gasteiger partial charge on any atom is 0.331 e. The zero-order chi connectivity index (χ0) is 18.8. The molecular formula is C21H22N4O2. The van der Waals surface area contributed by atoms with E-state index < -0.39 is 0 Å². The van der Waals surface area contributed by atoms with Crippen LogP contribution in [-0.4, -0.2) is 25.8 Å². The second-order valence-electron chi connectivity index (χ2n) is 6.70. The Kier molecular flexibility index (Phi) is 4.56. The van der Waals surface area contributed by atoms with Crippen LogP contribution < -0.4 is 11.4 Å². The number of rotatable bonds is 6. The molecule has 2 aromatic heterocycles. The average Bonchev–Trinajstić information content (AvgIpc) is 3.19. The van der Waals surface area contributed by atoms with Gasteiger partial charge in [0.05, 0.1) is 19.3 Å². The van der Waals surface area contributed by atoms with E-state index in [0.717, 1.165) is 28.5 Å². The summed E-state index contributed by atoms with van der Waals surface area (Å²) in [5, 5.41) is 11.4. The molecule has 0 amide bonds. The van der Waals surface area contributed by atoms with Crippen molar-refractivity contribution in [3.8, 4) is 5.88 Å². The number of nitrogens with one attached hydrogen (secondary N) is 1. The number of H-pyrrole nitrogens is 1. The smallest absolute Gasteiger partial charge is 0.331 e.